The zero-order valence-corrected chi connectivity index (χ0v) is 14.5. The first-order valence-corrected chi connectivity index (χ1v) is 8.17. The third-order valence-electron chi connectivity index (χ3n) is 4.46. The summed E-state index contributed by atoms with van der Waals surface area (Å²) < 4.78 is 11.0. The van der Waals surface area contributed by atoms with Gasteiger partial charge in [-0.25, -0.2) is 9.97 Å². The molecule has 1 aliphatic rings. The van der Waals surface area contributed by atoms with Gasteiger partial charge in [0.25, 0.3) is 0 Å². The predicted octanol–water partition coefficient (Wildman–Crippen LogP) is 2.12. The Kier molecular flexibility index (Phi) is 5.15. The topological polar surface area (TPSA) is 50.7 Å². The first-order valence-electron chi connectivity index (χ1n) is 8.17. The molecule has 0 spiro atoms. The fraction of sp³-hybridized carbons (Fsp3) is 0.444. The van der Waals surface area contributed by atoms with E-state index in [2.05, 4.69) is 25.8 Å². The molecule has 0 N–H and O–H groups in total. The van der Waals surface area contributed by atoms with Crippen LogP contribution in [-0.2, 0) is 6.54 Å². The average Bonchev–Trinajstić information content (AvgIpc) is 2.63. The van der Waals surface area contributed by atoms with Gasteiger partial charge in [-0.1, -0.05) is 6.07 Å². The Bertz CT molecular complexity index is 670. The Morgan fingerprint density at radius 3 is 2.33 bits per heavy atom. The van der Waals surface area contributed by atoms with Crippen molar-refractivity contribution in [1.82, 2.24) is 14.9 Å². The number of ether oxygens (including phenoxy) is 2. The lowest BCUT2D eigenvalue weighted by atomic mass is 10.1. The van der Waals surface area contributed by atoms with Crippen LogP contribution >= 0.6 is 0 Å². The maximum atomic E-state index is 5.61. The minimum Gasteiger partial charge on any atom is -0.496 e. The van der Waals surface area contributed by atoms with E-state index in [1.165, 1.54) is 5.56 Å². The Morgan fingerprint density at radius 2 is 1.71 bits per heavy atom. The molecule has 2 heterocycles. The Hall–Kier alpha value is -2.34. The Labute approximate surface area is 143 Å². The van der Waals surface area contributed by atoms with E-state index in [0.29, 0.717) is 0 Å². The predicted molar refractivity (Wildman–Crippen MR) is 93.8 cm³/mol. The zero-order chi connectivity index (χ0) is 16.9. The van der Waals surface area contributed by atoms with Crippen LogP contribution in [0.4, 0.5) is 5.95 Å². The van der Waals surface area contributed by atoms with Crippen LogP contribution in [0.2, 0.25) is 0 Å². The number of rotatable bonds is 5. The molecular formula is C18H24N4O2. The van der Waals surface area contributed by atoms with Crippen molar-refractivity contribution in [3.05, 3.63) is 41.7 Å². The van der Waals surface area contributed by atoms with E-state index in [4.69, 9.17) is 9.47 Å². The molecule has 1 aliphatic heterocycles. The van der Waals surface area contributed by atoms with Crippen molar-refractivity contribution in [2.75, 3.05) is 45.3 Å². The van der Waals surface area contributed by atoms with Crippen molar-refractivity contribution >= 4 is 5.95 Å². The lowest BCUT2D eigenvalue weighted by Crippen LogP contribution is -2.46. The third-order valence-corrected chi connectivity index (χ3v) is 4.46. The highest BCUT2D eigenvalue weighted by atomic mass is 16.5. The number of hydrogen-bond donors (Lipinski definition) is 0. The van der Waals surface area contributed by atoms with Gasteiger partial charge in [-0.15, -0.1) is 0 Å². The van der Waals surface area contributed by atoms with Gasteiger partial charge in [-0.2, -0.15) is 0 Å². The summed E-state index contributed by atoms with van der Waals surface area (Å²) >= 11 is 0. The van der Waals surface area contributed by atoms with Crippen LogP contribution in [0.25, 0.3) is 0 Å². The molecule has 6 heteroatoms. The zero-order valence-electron chi connectivity index (χ0n) is 14.5. The molecule has 0 radical (unpaired) electrons. The van der Waals surface area contributed by atoms with E-state index >= 15 is 0 Å². The molecule has 1 fully saturated rings. The van der Waals surface area contributed by atoms with E-state index in [9.17, 15) is 0 Å². The minimum atomic E-state index is 0.815. The molecule has 3 rings (SSSR count). The standard InChI is InChI=1S/C18H24N4O2/c1-14-16(23-2)6-5-15(17(14)24-3)13-21-9-11-22(12-10-21)18-19-7-4-8-20-18/h4-8H,9-13H2,1-3H3. The van der Waals surface area contributed by atoms with Crippen molar-refractivity contribution in [2.45, 2.75) is 13.5 Å². The smallest absolute Gasteiger partial charge is 0.225 e. The molecule has 128 valence electrons. The number of anilines is 1. The quantitative estimate of drug-likeness (QED) is 0.838. The van der Waals surface area contributed by atoms with E-state index in [-0.39, 0.29) is 0 Å². The van der Waals surface area contributed by atoms with Gasteiger partial charge in [0, 0.05) is 56.2 Å². The second-order valence-corrected chi connectivity index (χ2v) is 5.90. The van der Waals surface area contributed by atoms with Crippen LogP contribution in [-0.4, -0.2) is 55.3 Å². The summed E-state index contributed by atoms with van der Waals surface area (Å²) in [7, 11) is 3.41. The summed E-state index contributed by atoms with van der Waals surface area (Å²) in [5.74, 6) is 2.60. The van der Waals surface area contributed by atoms with Crippen molar-refractivity contribution in [3.8, 4) is 11.5 Å². The number of methoxy groups -OCH3 is 2. The number of benzene rings is 1. The minimum absolute atomic E-state index is 0.815. The van der Waals surface area contributed by atoms with Gasteiger partial charge < -0.3 is 14.4 Å². The monoisotopic (exact) mass is 328 g/mol. The van der Waals surface area contributed by atoms with E-state index in [1.807, 2.05) is 19.1 Å². The molecular weight excluding hydrogens is 304 g/mol. The van der Waals surface area contributed by atoms with Crippen molar-refractivity contribution < 1.29 is 9.47 Å². The first-order chi connectivity index (χ1) is 11.7. The van der Waals surface area contributed by atoms with Gasteiger partial charge >= 0.3 is 0 Å². The van der Waals surface area contributed by atoms with Gasteiger partial charge in [0.15, 0.2) is 0 Å². The molecule has 0 amide bonds. The molecule has 2 aromatic rings. The van der Waals surface area contributed by atoms with Crippen LogP contribution < -0.4 is 14.4 Å². The van der Waals surface area contributed by atoms with Gasteiger partial charge in [-0.05, 0) is 19.1 Å². The summed E-state index contributed by atoms with van der Waals surface area (Å²) in [5.41, 5.74) is 2.24. The molecule has 0 saturated carbocycles. The van der Waals surface area contributed by atoms with Gasteiger partial charge in [0.2, 0.25) is 5.95 Å². The molecule has 24 heavy (non-hydrogen) atoms. The summed E-state index contributed by atoms with van der Waals surface area (Å²) in [6, 6.07) is 5.95. The molecule has 0 aliphatic carbocycles. The molecule has 1 aromatic heterocycles. The summed E-state index contributed by atoms with van der Waals surface area (Å²) in [4.78, 5) is 13.3. The maximum absolute atomic E-state index is 5.61. The van der Waals surface area contributed by atoms with Crippen LogP contribution in [0.1, 0.15) is 11.1 Å². The van der Waals surface area contributed by atoms with Crippen molar-refractivity contribution in [2.24, 2.45) is 0 Å². The van der Waals surface area contributed by atoms with Crippen molar-refractivity contribution in [3.63, 3.8) is 0 Å². The molecule has 0 atom stereocenters. The first kappa shape index (κ1) is 16.5. The normalized spacial score (nSPS) is 15.4. The van der Waals surface area contributed by atoms with E-state index in [0.717, 1.165) is 55.7 Å². The molecule has 0 unspecified atom stereocenters. The highest BCUT2D eigenvalue weighted by Gasteiger charge is 2.20. The highest BCUT2D eigenvalue weighted by molar-refractivity contribution is 5.49. The van der Waals surface area contributed by atoms with Crippen LogP contribution in [0.5, 0.6) is 11.5 Å². The van der Waals surface area contributed by atoms with Gasteiger partial charge in [-0.3, -0.25) is 4.90 Å². The number of nitrogens with zero attached hydrogens (tertiary/aromatic N) is 4. The van der Waals surface area contributed by atoms with Crippen molar-refractivity contribution in [1.29, 1.82) is 0 Å². The third kappa shape index (κ3) is 3.43. The molecule has 1 aromatic carbocycles. The number of hydrogen-bond acceptors (Lipinski definition) is 6. The highest BCUT2D eigenvalue weighted by Crippen LogP contribution is 2.32. The second kappa shape index (κ2) is 7.49. The maximum Gasteiger partial charge on any atom is 0.225 e. The fourth-order valence-corrected chi connectivity index (χ4v) is 3.16. The second-order valence-electron chi connectivity index (χ2n) is 5.90. The Balaban J connectivity index is 1.65. The largest absolute Gasteiger partial charge is 0.496 e. The number of piperazine rings is 1. The lowest BCUT2D eigenvalue weighted by molar-refractivity contribution is 0.244. The van der Waals surface area contributed by atoms with Gasteiger partial charge in [0.1, 0.15) is 11.5 Å². The van der Waals surface area contributed by atoms with E-state index < -0.39 is 0 Å². The molecule has 6 nitrogen and oxygen atoms in total. The summed E-state index contributed by atoms with van der Waals surface area (Å²) in [6.07, 6.45) is 3.58. The summed E-state index contributed by atoms with van der Waals surface area (Å²) in [5, 5.41) is 0. The lowest BCUT2D eigenvalue weighted by Gasteiger charge is -2.35. The Morgan fingerprint density at radius 1 is 1.00 bits per heavy atom. The van der Waals surface area contributed by atoms with E-state index in [1.54, 1.807) is 26.6 Å². The molecule has 1 saturated heterocycles. The van der Waals surface area contributed by atoms with Crippen LogP contribution in [0.15, 0.2) is 30.6 Å². The average molecular weight is 328 g/mol. The van der Waals surface area contributed by atoms with Crippen LogP contribution in [0.3, 0.4) is 0 Å². The number of aromatic nitrogens is 2. The summed E-state index contributed by atoms with van der Waals surface area (Å²) in [6.45, 7) is 6.73. The molecule has 0 bridgehead atoms. The fourth-order valence-electron chi connectivity index (χ4n) is 3.16. The van der Waals surface area contributed by atoms with Gasteiger partial charge in [0.05, 0.1) is 14.2 Å². The SMILES string of the molecule is COc1ccc(CN2CCN(c3ncccn3)CC2)c(OC)c1C. The van der Waals surface area contributed by atoms with Crippen LogP contribution in [0, 0.1) is 6.92 Å².